The first-order valence-corrected chi connectivity index (χ1v) is 9.66. The lowest BCUT2D eigenvalue weighted by molar-refractivity contribution is -0.124. The largest absolute Gasteiger partial charge is 0.497 e. The Morgan fingerprint density at radius 1 is 1.23 bits per heavy atom. The minimum atomic E-state index is 0.0223. The summed E-state index contributed by atoms with van der Waals surface area (Å²) in [7, 11) is 5.25. The molecule has 1 fully saturated rings. The summed E-state index contributed by atoms with van der Waals surface area (Å²) >= 11 is 0. The van der Waals surface area contributed by atoms with Crippen molar-refractivity contribution >= 4 is 17.7 Å². The molecular weight excluding hydrogens is 324 g/mol. The molecule has 0 N–H and O–H groups in total. The maximum Gasteiger partial charge on any atom is 0.251 e. The highest BCUT2D eigenvalue weighted by atomic mass is 16.5. The van der Waals surface area contributed by atoms with Gasteiger partial charge in [0.15, 0.2) is 0 Å². The highest BCUT2D eigenvalue weighted by molar-refractivity contribution is 6.08. The second kappa shape index (κ2) is 8.07. The molecule has 26 heavy (non-hydrogen) atoms. The minimum Gasteiger partial charge on any atom is -0.497 e. The van der Waals surface area contributed by atoms with Gasteiger partial charge in [0.25, 0.3) is 5.91 Å². The van der Waals surface area contributed by atoms with Crippen molar-refractivity contribution in [3.05, 3.63) is 34.9 Å². The Morgan fingerprint density at radius 2 is 1.96 bits per heavy atom. The molecule has 140 valence electrons. The van der Waals surface area contributed by atoms with Crippen LogP contribution in [-0.4, -0.2) is 44.3 Å². The first-order valence-electron chi connectivity index (χ1n) is 9.66. The van der Waals surface area contributed by atoms with Crippen molar-refractivity contribution in [2.45, 2.75) is 39.0 Å². The Hall–Kier alpha value is -2.10. The molecule has 0 aromatic heterocycles. The summed E-state index contributed by atoms with van der Waals surface area (Å²) in [5.41, 5.74) is 4.06. The molecule has 4 nitrogen and oxygen atoms in total. The van der Waals surface area contributed by atoms with Gasteiger partial charge in [-0.05, 0) is 48.6 Å². The van der Waals surface area contributed by atoms with E-state index in [4.69, 9.17) is 9.73 Å². The molecule has 1 heterocycles. The number of amides is 1. The molecule has 0 radical (unpaired) electrons. The number of nitrogens with zero attached hydrogens (tertiary/aromatic N) is 2. The Bertz CT molecular complexity index is 728. The fourth-order valence-corrected chi connectivity index (χ4v) is 4.17. The van der Waals surface area contributed by atoms with Gasteiger partial charge in [0, 0.05) is 36.9 Å². The Labute approximate surface area is 156 Å². The van der Waals surface area contributed by atoms with Crippen LogP contribution in [0.2, 0.25) is 0 Å². The molecule has 1 aromatic rings. The van der Waals surface area contributed by atoms with Gasteiger partial charge in [0.2, 0.25) is 0 Å². The van der Waals surface area contributed by atoms with Gasteiger partial charge < -0.3 is 9.64 Å². The summed E-state index contributed by atoms with van der Waals surface area (Å²) in [4.78, 5) is 19.1. The number of rotatable bonds is 4. The molecule has 1 aliphatic carbocycles. The third kappa shape index (κ3) is 3.84. The number of benzene rings is 1. The molecule has 1 atom stereocenters. The van der Waals surface area contributed by atoms with Gasteiger partial charge in [-0.25, -0.2) is 0 Å². The van der Waals surface area contributed by atoms with Crippen LogP contribution in [0.5, 0.6) is 5.75 Å². The van der Waals surface area contributed by atoms with Gasteiger partial charge in [-0.15, -0.1) is 0 Å². The van der Waals surface area contributed by atoms with Crippen LogP contribution in [0, 0.1) is 11.8 Å². The number of ether oxygens (including phenoxy) is 1. The van der Waals surface area contributed by atoms with Crippen molar-refractivity contribution in [1.82, 2.24) is 4.90 Å². The average Bonchev–Trinajstić information content (AvgIpc) is 2.86. The van der Waals surface area contributed by atoms with E-state index in [0.29, 0.717) is 18.4 Å². The summed E-state index contributed by atoms with van der Waals surface area (Å²) in [5.74, 6) is 1.92. The third-order valence-electron chi connectivity index (χ3n) is 5.75. The fraction of sp³-hybridized carbons (Fsp3) is 0.545. The first kappa shape index (κ1) is 18.7. The van der Waals surface area contributed by atoms with Crippen LogP contribution in [0.15, 0.2) is 28.8 Å². The molecule has 2 aliphatic rings. The summed E-state index contributed by atoms with van der Waals surface area (Å²) in [6.07, 6.45) is 8.54. The van der Waals surface area contributed by atoms with E-state index in [-0.39, 0.29) is 5.91 Å². The summed E-state index contributed by atoms with van der Waals surface area (Å²) in [6, 6.07) is 6.12. The lowest BCUT2D eigenvalue weighted by Gasteiger charge is -2.29. The van der Waals surface area contributed by atoms with E-state index in [1.54, 1.807) is 26.1 Å². The molecular formula is C22H30N2O2. The molecule has 0 spiro atoms. The molecule has 1 aromatic carbocycles. The molecule has 0 saturated heterocycles. The lowest BCUT2D eigenvalue weighted by Crippen LogP contribution is -2.26. The van der Waals surface area contributed by atoms with Gasteiger partial charge in [-0.1, -0.05) is 26.2 Å². The number of methoxy groups -OCH3 is 1. The first-order chi connectivity index (χ1) is 12.5. The van der Waals surface area contributed by atoms with E-state index in [1.165, 1.54) is 32.1 Å². The van der Waals surface area contributed by atoms with Crippen molar-refractivity contribution in [2.75, 3.05) is 27.7 Å². The van der Waals surface area contributed by atoms with Crippen LogP contribution in [0.25, 0.3) is 6.08 Å². The van der Waals surface area contributed by atoms with Crippen LogP contribution >= 0.6 is 0 Å². The van der Waals surface area contributed by atoms with Crippen molar-refractivity contribution in [2.24, 2.45) is 16.8 Å². The highest BCUT2D eigenvalue weighted by Gasteiger charge is 2.28. The predicted molar refractivity (Wildman–Crippen MR) is 107 cm³/mol. The van der Waals surface area contributed by atoms with Gasteiger partial charge in [-0.3, -0.25) is 9.79 Å². The van der Waals surface area contributed by atoms with Crippen molar-refractivity contribution in [1.29, 1.82) is 0 Å². The average molecular weight is 354 g/mol. The van der Waals surface area contributed by atoms with Gasteiger partial charge in [0.05, 0.1) is 13.7 Å². The topological polar surface area (TPSA) is 41.9 Å². The van der Waals surface area contributed by atoms with Crippen LogP contribution < -0.4 is 4.74 Å². The summed E-state index contributed by atoms with van der Waals surface area (Å²) in [6.45, 7) is 2.75. The van der Waals surface area contributed by atoms with Crippen LogP contribution in [0.4, 0.5) is 0 Å². The molecule has 3 rings (SSSR count). The highest BCUT2D eigenvalue weighted by Crippen LogP contribution is 2.34. The Kier molecular flexibility index (Phi) is 5.80. The standard InChI is InChI=1S/C22H30N2O2/c1-15(16-8-6-5-7-9-16)21-20-11-10-19(26-4)13-17(20)12-18(14-23-21)22(25)24(2)3/h10-13,15-16H,5-9,14H2,1-4H3. The van der Waals surface area contributed by atoms with Crippen molar-refractivity contribution in [3.8, 4) is 5.75 Å². The van der Waals surface area contributed by atoms with Gasteiger partial charge in [0.1, 0.15) is 5.75 Å². The number of hydrogen-bond acceptors (Lipinski definition) is 3. The normalized spacial score (nSPS) is 18.9. The van der Waals surface area contributed by atoms with E-state index in [9.17, 15) is 4.79 Å². The fourth-order valence-electron chi connectivity index (χ4n) is 4.17. The molecule has 4 heteroatoms. The minimum absolute atomic E-state index is 0.0223. The van der Waals surface area contributed by atoms with E-state index >= 15 is 0 Å². The number of carbonyl (C=O) groups is 1. The molecule has 1 saturated carbocycles. The van der Waals surface area contributed by atoms with E-state index in [2.05, 4.69) is 13.0 Å². The predicted octanol–water partition coefficient (Wildman–Crippen LogP) is 4.19. The van der Waals surface area contributed by atoms with Crippen LogP contribution in [0.3, 0.4) is 0 Å². The van der Waals surface area contributed by atoms with Crippen LogP contribution in [-0.2, 0) is 4.79 Å². The van der Waals surface area contributed by atoms with Crippen molar-refractivity contribution < 1.29 is 9.53 Å². The smallest absolute Gasteiger partial charge is 0.251 e. The maximum absolute atomic E-state index is 12.6. The molecule has 1 amide bonds. The quantitative estimate of drug-likeness (QED) is 0.814. The zero-order valence-corrected chi connectivity index (χ0v) is 16.4. The number of carbonyl (C=O) groups excluding carboxylic acids is 1. The molecule has 1 unspecified atom stereocenters. The van der Waals surface area contributed by atoms with Gasteiger partial charge >= 0.3 is 0 Å². The lowest BCUT2D eigenvalue weighted by atomic mass is 9.77. The van der Waals surface area contributed by atoms with E-state index < -0.39 is 0 Å². The SMILES string of the molecule is COc1ccc2c(c1)C=C(C(=O)N(C)C)CN=C2C(C)C1CCCCC1. The van der Waals surface area contributed by atoms with Crippen molar-refractivity contribution in [3.63, 3.8) is 0 Å². The second-order valence-corrected chi connectivity index (χ2v) is 7.71. The molecule has 0 bridgehead atoms. The number of hydrogen-bond donors (Lipinski definition) is 0. The number of aliphatic imine (C=N–C) groups is 1. The van der Waals surface area contributed by atoms with E-state index in [0.717, 1.165) is 28.2 Å². The Morgan fingerprint density at radius 3 is 2.62 bits per heavy atom. The number of fused-ring (bicyclic) bond motifs is 1. The third-order valence-corrected chi connectivity index (χ3v) is 5.75. The Balaban J connectivity index is 2.01. The van der Waals surface area contributed by atoms with E-state index in [1.807, 2.05) is 18.2 Å². The number of likely N-dealkylation sites (N-methyl/N-ethyl adjacent to an activating group) is 1. The maximum atomic E-state index is 12.6. The zero-order chi connectivity index (χ0) is 18.7. The van der Waals surface area contributed by atoms with Crippen LogP contribution in [0.1, 0.15) is 50.2 Å². The second-order valence-electron chi connectivity index (χ2n) is 7.71. The van der Waals surface area contributed by atoms with Gasteiger partial charge in [-0.2, -0.15) is 0 Å². The summed E-state index contributed by atoms with van der Waals surface area (Å²) < 4.78 is 5.41. The molecule has 1 aliphatic heterocycles. The summed E-state index contributed by atoms with van der Waals surface area (Å²) in [5, 5.41) is 0. The monoisotopic (exact) mass is 354 g/mol. The zero-order valence-electron chi connectivity index (χ0n) is 16.4.